The van der Waals surface area contributed by atoms with E-state index in [4.69, 9.17) is 4.99 Å². The molecule has 31 heavy (non-hydrogen) atoms. The fraction of sp³-hybridized carbons (Fsp3) is 0.913. The van der Waals surface area contributed by atoms with Gasteiger partial charge in [0.25, 0.3) is 0 Å². The number of carbonyl (C=O) groups is 1. The van der Waals surface area contributed by atoms with Crippen LogP contribution in [0.15, 0.2) is 4.99 Å². The summed E-state index contributed by atoms with van der Waals surface area (Å²) in [5.74, 6) is 2.43. The SMILES string of the molecule is CCNC(=NCCN1CCN(C(=O)C2CCC2)CC1)NC1CCN(CC(C)C)CC1.I. The average Bonchev–Trinajstić information content (AvgIpc) is 2.68. The number of piperidine rings is 1. The molecule has 2 aliphatic heterocycles. The number of hydrogen-bond acceptors (Lipinski definition) is 4. The minimum absolute atomic E-state index is 0. The highest BCUT2D eigenvalue weighted by Gasteiger charge is 2.31. The van der Waals surface area contributed by atoms with Crippen molar-refractivity contribution in [1.29, 1.82) is 0 Å². The number of carbonyl (C=O) groups excluding carboxylic acids is 1. The molecular weight excluding hydrogens is 503 g/mol. The minimum atomic E-state index is 0. The minimum Gasteiger partial charge on any atom is -0.357 e. The zero-order chi connectivity index (χ0) is 21.3. The summed E-state index contributed by atoms with van der Waals surface area (Å²) in [6.45, 7) is 16.7. The van der Waals surface area contributed by atoms with Crippen LogP contribution in [0.25, 0.3) is 0 Å². The van der Waals surface area contributed by atoms with Crippen LogP contribution < -0.4 is 10.6 Å². The number of likely N-dealkylation sites (tertiary alicyclic amines) is 1. The average molecular weight is 549 g/mol. The number of nitrogens with one attached hydrogen (secondary N) is 2. The van der Waals surface area contributed by atoms with Gasteiger partial charge in [0, 0.05) is 70.9 Å². The van der Waals surface area contributed by atoms with Gasteiger partial charge in [0.15, 0.2) is 5.96 Å². The Morgan fingerprint density at radius 3 is 2.23 bits per heavy atom. The Kier molecular flexibility index (Phi) is 11.9. The quantitative estimate of drug-likeness (QED) is 0.277. The molecule has 1 saturated carbocycles. The second-order valence-corrected chi connectivity index (χ2v) is 9.67. The van der Waals surface area contributed by atoms with Crippen LogP contribution in [-0.2, 0) is 4.79 Å². The summed E-state index contributed by atoms with van der Waals surface area (Å²) in [5.41, 5.74) is 0. The van der Waals surface area contributed by atoms with Gasteiger partial charge in [-0.1, -0.05) is 20.3 Å². The standard InChI is InChI=1S/C23H44N6O.HI/c1-4-24-23(26-21-8-11-28(12-9-21)18-19(2)3)25-10-13-27-14-16-29(17-15-27)22(30)20-6-5-7-20;/h19-21H,4-18H2,1-3H3,(H2,24,25,26);1H. The van der Waals surface area contributed by atoms with E-state index in [0.717, 1.165) is 70.5 Å². The number of amides is 1. The fourth-order valence-electron chi connectivity index (χ4n) is 4.70. The van der Waals surface area contributed by atoms with Crippen LogP contribution in [0.2, 0.25) is 0 Å². The van der Waals surface area contributed by atoms with Gasteiger partial charge < -0.3 is 20.4 Å². The van der Waals surface area contributed by atoms with Crippen molar-refractivity contribution in [3.63, 3.8) is 0 Å². The molecule has 1 amide bonds. The molecule has 0 bridgehead atoms. The van der Waals surface area contributed by atoms with E-state index >= 15 is 0 Å². The molecule has 8 heteroatoms. The van der Waals surface area contributed by atoms with Crippen molar-refractivity contribution >= 4 is 35.8 Å². The van der Waals surface area contributed by atoms with Crippen LogP contribution in [-0.4, -0.2) is 98.1 Å². The van der Waals surface area contributed by atoms with Gasteiger partial charge in [-0.05, 0) is 38.5 Å². The largest absolute Gasteiger partial charge is 0.357 e. The maximum Gasteiger partial charge on any atom is 0.225 e. The predicted molar refractivity (Wildman–Crippen MR) is 139 cm³/mol. The number of piperazine rings is 1. The molecule has 2 heterocycles. The van der Waals surface area contributed by atoms with Gasteiger partial charge in [-0.3, -0.25) is 14.7 Å². The van der Waals surface area contributed by atoms with Crippen molar-refractivity contribution < 1.29 is 4.79 Å². The summed E-state index contributed by atoms with van der Waals surface area (Å²) in [6, 6.07) is 0.521. The molecule has 180 valence electrons. The highest BCUT2D eigenvalue weighted by atomic mass is 127. The van der Waals surface area contributed by atoms with Gasteiger partial charge in [0.1, 0.15) is 0 Å². The van der Waals surface area contributed by atoms with E-state index in [1.165, 1.54) is 38.9 Å². The van der Waals surface area contributed by atoms with Crippen LogP contribution in [0.4, 0.5) is 0 Å². The molecule has 1 aliphatic carbocycles. The third kappa shape index (κ3) is 8.68. The molecule has 2 saturated heterocycles. The topological polar surface area (TPSA) is 63.2 Å². The van der Waals surface area contributed by atoms with Crippen molar-refractivity contribution in [2.75, 3.05) is 65.4 Å². The van der Waals surface area contributed by atoms with Crippen molar-refractivity contribution in [2.45, 2.75) is 58.9 Å². The maximum absolute atomic E-state index is 12.4. The zero-order valence-corrected chi connectivity index (χ0v) is 22.3. The van der Waals surface area contributed by atoms with E-state index in [-0.39, 0.29) is 24.0 Å². The summed E-state index contributed by atoms with van der Waals surface area (Å²) >= 11 is 0. The molecule has 2 N–H and O–H groups in total. The first-order valence-corrected chi connectivity index (χ1v) is 12.3. The van der Waals surface area contributed by atoms with Crippen molar-refractivity contribution in [3.8, 4) is 0 Å². The van der Waals surface area contributed by atoms with Crippen molar-refractivity contribution in [2.24, 2.45) is 16.8 Å². The number of guanidine groups is 1. The smallest absolute Gasteiger partial charge is 0.225 e. The lowest BCUT2D eigenvalue weighted by atomic mass is 9.84. The number of aliphatic imine (C=N–C) groups is 1. The Morgan fingerprint density at radius 1 is 1.00 bits per heavy atom. The second kappa shape index (κ2) is 13.8. The lowest BCUT2D eigenvalue weighted by Crippen LogP contribution is -2.51. The fourth-order valence-corrected chi connectivity index (χ4v) is 4.70. The van der Waals surface area contributed by atoms with E-state index in [0.29, 0.717) is 17.9 Å². The van der Waals surface area contributed by atoms with E-state index in [1.807, 2.05) is 0 Å². The van der Waals surface area contributed by atoms with Gasteiger partial charge in [-0.15, -0.1) is 24.0 Å². The van der Waals surface area contributed by atoms with E-state index < -0.39 is 0 Å². The molecule has 0 aromatic heterocycles. The van der Waals surface area contributed by atoms with Gasteiger partial charge >= 0.3 is 0 Å². The summed E-state index contributed by atoms with van der Waals surface area (Å²) in [4.78, 5) is 24.3. The lowest BCUT2D eigenvalue weighted by Gasteiger charge is -2.38. The van der Waals surface area contributed by atoms with E-state index in [9.17, 15) is 4.79 Å². The molecule has 3 rings (SSSR count). The first kappa shape index (κ1) is 26.6. The summed E-state index contributed by atoms with van der Waals surface area (Å²) in [5, 5.41) is 7.07. The molecule has 0 spiro atoms. The Labute approximate surface area is 206 Å². The Morgan fingerprint density at radius 2 is 1.68 bits per heavy atom. The van der Waals surface area contributed by atoms with Crippen LogP contribution in [0.5, 0.6) is 0 Å². The van der Waals surface area contributed by atoms with Crippen LogP contribution in [0.3, 0.4) is 0 Å². The maximum atomic E-state index is 12.4. The van der Waals surface area contributed by atoms with E-state index in [1.54, 1.807) is 0 Å². The Bertz CT molecular complexity index is 552. The zero-order valence-electron chi connectivity index (χ0n) is 19.9. The molecule has 0 atom stereocenters. The van der Waals surface area contributed by atoms with Crippen molar-refractivity contribution in [3.05, 3.63) is 0 Å². The number of halogens is 1. The molecule has 3 fully saturated rings. The number of nitrogens with zero attached hydrogens (tertiary/aromatic N) is 4. The third-order valence-electron chi connectivity index (χ3n) is 6.72. The summed E-state index contributed by atoms with van der Waals surface area (Å²) in [6.07, 6.45) is 5.81. The summed E-state index contributed by atoms with van der Waals surface area (Å²) < 4.78 is 0. The summed E-state index contributed by atoms with van der Waals surface area (Å²) in [7, 11) is 0. The molecule has 0 aromatic carbocycles. The van der Waals surface area contributed by atoms with Crippen LogP contribution in [0.1, 0.15) is 52.9 Å². The van der Waals surface area contributed by atoms with E-state index in [2.05, 4.69) is 46.1 Å². The highest BCUT2D eigenvalue weighted by molar-refractivity contribution is 14.0. The lowest BCUT2D eigenvalue weighted by molar-refractivity contribution is -0.139. The number of hydrogen-bond donors (Lipinski definition) is 2. The van der Waals surface area contributed by atoms with Gasteiger partial charge in [-0.25, -0.2) is 0 Å². The van der Waals surface area contributed by atoms with Gasteiger partial charge in [0.05, 0.1) is 6.54 Å². The van der Waals surface area contributed by atoms with Crippen molar-refractivity contribution in [1.82, 2.24) is 25.3 Å². The first-order valence-electron chi connectivity index (χ1n) is 12.3. The molecule has 0 aromatic rings. The molecule has 0 radical (unpaired) electrons. The second-order valence-electron chi connectivity index (χ2n) is 9.67. The Balaban J connectivity index is 0.00000341. The monoisotopic (exact) mass is 548 g/mol. The van der Waals surface area contributed by atoms with Gasteiger partial charge in [0.2, 0.25) is 5.91 Å². The molecule has 7 nitrogen and oxygen atoms in total. The molecule has 3 aliphatic rings. The third-order valence-corrected chi connectivity index (χ3v) is 6.72. The number of rotatable bonds is 8. The van der Waals surface area contributed by atoms with Crippen LogP contribution in [0, 0.1) is 11.8 Å². The molecule has 0 unspecified atom stereocenters. The highest BCUT2D eigenvalue weighted by Crippen LogP contribution is 2.28. The molecular formula is C23H45IN6O. The normalized spacial score (nSPS) is 22.2. The Hall–Kier alpha value is -0.610. The van der Waals surface area contributed by atoms with Gasteiger partial charge in [-0.2, -0.15) is 0 Å². The first-order chi connectivity index (χ1) is 14.5. The van der Waals surface area contributed by atoms with Crippen LogP contribution >= 0.6 is 24.0 Å². The predicted octanol–water partition coefficient (Wildman–Crippen LogP) is 2.22.